The van der Waals surface area contributed by atoms with Crippen LogP contribution in [0.15, 0.2) is 54.6 Å². The lowest BCUT2D eigenvalue weighted by atomic mass is 9.77. The van der Waals surface area contributed by atoms with Crippen LogP contribution in [-0.2, 0) is 16.0 Å². The number of benzene rings is 1. The molecule has 1 aromatic rings. The minimum Gasteiger partial charge on any atom is -0.389 e. The Balaban J connectivity index is 1.55. The van der Waals surface area contributed by atoms with Crippen LogP contribution in [0.5, 0.6) is 0 Å². The summed E-state index contributed by atoms with van der Waals surface area (Å²) in [4.78, 5) is 11.4. The van der Waals surface area contributed by atoms with Crippen LogP contribution in [0.4, 0.5) is 0 Å². The van der Waals surface area contributed by atoms with Crippen molar-refractivity contribution >= 4 is 5.78 Å². The predicted molar refractivity (Wildman–Crippen MR) is 104 cm³/mol. The van der Waals surface area contributed by atoms with E-state index in [-0.39, 0.29) is 11.9 Å². The van der Waals surface area contributed by atoms with Crippen LogP contribution in [0.2, 0.25) is 0 Å². The summed E-state index contributed by atoms with van der Waals surface area (Å²) in [6.07, 6.45) is 13.4. The second-order valence-electron chi connectivity index (χ2n) is 7.48. The van der Waals surface area contributed by atoms with Crippen molar-refractivity contribution in [2.75, 3.05) is 0 Å². The number of carbonyl (C=O) groups excluding carboxylic acids is 1. The Morgan fingerprint density at radius 3 is 2.77 bits per heavy atom. The van der Waals surface area contributed by atoms with Gasteiger partial charge in [-0.15, -0.1) is 0 Å². The summed E-state index contributed by atoms with van der Waals surface area (Å²) < 4.78 is 6.11. The molecule has 2 bridgehead atoms. The Labute approximate surface area is 156 Å². The molecule has 0 aromatic heterocycles. The number of aliphatic hydroxyl groups is 1. The SMILES string of the molecule is CCC(=O)CC=CC[C@@H]1[C@H](C=CC(O)Cc2ccccc2)[C@@H]2CC[C@H]1O2. The predicted octanol–water partition coefficient (Wildman–Crippen LogP) is 4.26. The van der Waals surface area contributed by atoms with Crippen molar-refractivity contribution in [3.63, 3.8) is 0 Å². The summed E-state index contributed by atoms with van der Waals surface area (Å²) in [6.45, 7) is 1.90. The lowest BCUT2D eigenvalue weighted by Gasteiger charge is -2.25. The Hall–Kier alpha value is -1.71. The van der Waals surface area contributed by atoms with Gasteiger partial charge in [-0.3, -0.25) is 4.79 Å². The Morgan fingerprint density at radius 1 is 1.23 bits per heavy atom. The van der Waals surface area contributed by atoms with Crippen molar-refractivity contribution in [3.8, 4) is 0 Å². The van der Waals surface area contributed by atoms with Crippen molar-refractivity contribution in [2.24, 2.45) is 11.8 Å². The number of rotatable bonds is 9. The van der Waals surface area contributed by atoms with E-state index in [0.717, 1.165) is 24.8 Å². The molecule has 2 fully saturated rings. The van der Waals surface area contributed by atoms with Crippen molar-refractivity contribution < 1.29 is 14.6 Å². The third kappa shape index (κ3) is 4.93. The first-order chi connectivity index (χ1) is 12.7. The van der Waals surface area contributed by atoms with Gasteiger partial charge in [0.2, 0.25) is 0 Å². The number of ketones is 1. The summed E-state index contributed by atoms with van der Waals surface area (Å²) in [5, 5.41) is 10.3. The molecular weight excluding hydrogens is 324 g/mol. The van der Waals surface area contributed by atoms with Crippen LogP contribution in [0.3, 0.4) is 0 Å². The largest absolute Gasteiger partial charge is 0.389 e. The molecule has 1 N–H and O–H groups in total. The minimum atomic E-state index is -0.463. The van der Waals surface area contributed by atoms with E-state index >= 15 is 0 Å². The molecule has 0 aliphatic carbocycles. The maximum Gasteiger partial charge on any atom is 0.136 e. The third-order valence-electron chi connectivity index (χ3n) is 5.64. The molecule has 2 saturated heterocycles. The molecule has 0 spiro atoms. The highest BCUT2D eigenvalue weighted by atomic mass is 16.5. The van der Waals surface area contributed by atoms with E-state index in [0.29, 0.717) is 37.2 Å². The van der Waals surface area contributed by atoms with Gasteiger partial charge in [-0.2, -0.15) is 0 Å². The molecule has 2 heterocycles. The van der Waals surface area contributed by atoms with E-state index in [1.54, 1.807) is 0 Å². The Kier molecular flexibility index (Phi) is 6.81. The minimum absolute atomic E-state index is 0.283. The lowest BCUT2D eigenvalue weighted by molar-refractivity contribution is -0.117. The van der Waals surface area contributed by atoms with Gasteiger partial charge in [0.1, 0.15) is 5.78 Å². The van der Waals surface area contributed by atoms with Crippen molar-refractivity contribution in [1.29, 1.82) is 0 Å². The van der Waals surface area contributed by atoms with Crippen molar-refractivity contribution in [2.45, 2.75) is 63.8 Å². The molecule has 1 unspecified atom stereocenters. The zero-order chi connectivity index (χ0) is 18.4. The van der Waals surface area contributed by atoms with Crippen molar-refractivity contribution in [1.82, 2.24) is 0 Å². The van der Waals surface area contributed by atoms with Gasteiger partial charge in [-0.05, 0) is 30.7 Å². The number of aliphatic hydroxyl groups excluding tert-OH is 1. The lowest BCUT2D eigenvalue weighted by Crippen LogP contribution is -2.25. The quantitative estimate of drug-likeness (QED) is 0.674. The topological polar surface area (TPSA) is 46.5 Å². The fourth-order valence-electron chi connectivity index (χ4n) is 4.18. The molecule has 5 atom stereocenters. The maximum atomic E-state index is 11.4. The third-order valence-corrected chi connectivity index (χ3v) is 5.64. The highest BCUT2D eigenvalue weighted by molar-refractivity contribution is 5.79. The molecule has 0 amide bonds. The molecule has 0 radical (unpaired) electrons. The molecule has 3 heteroatoms. The highest BCUT2D eigenvalue weighted by Crippen LogP contribution is 2.45. The van der Waals surface area contributed by atoms with E-state index in [1.165, 1.54) is 0 Å². The molecular formula is C23H30O3. The smallest absolute Gasteiger partial charge is 0.136 e. The Morgan fingerprint density at radius 2 is 2.00 bits per heavy atom. The van der Waals surface area contributed by atoms with Crippen LogP contribution < -0.4 is 0 Å². The monoisotopic (exact) mass is 354 g/mol. The van der Waals surface area contributed by atoms with Crippen LogP contribution in [0.25, 0.3) is 0 Å². The van der Waals surface area contributed by atoms with Crippen LogP contribution in [0, 0.1) is 11.8 Å². The first-order valence-corrected chi connectivity index (χ1v) is 9.90. The number of Topliss-reactive ketones (excluding diaryl/α,β-unsaturated/α-hetero) is 1. The summed E-state index contributed by atoms with van der Waals surface area (Å²) >= 11 is 0. The van der Waals surface area contributed by atoms with Gasteiger partial charge >= 0.3 is 0 Å². The van der Waals surface area contributed by atoms with Gasteiger partial charge in [0, 0.05) is 25.2 Å². The standard InChI is InChI=1S/C23H30O3/c1-2-18(24)10-6-7-11-20-21(23-15-14-22(20)26-23)13-12-19(25)16-17-8-4-3-5-9-17/h3-9,12-13,19-23,25H,2,10-11,14-16H2,1H3/t19?,20-,21+,22-,23+/m1/s1. The summed E-state index contributed by atoms with van der Waals surface area (Å²) in [7, 11) is 0. The normalized spacial score (nSPS) is 29.0. The fourth-order valence-corrected chi connectivity index (χ4v) is 4.18. The second-order valence-corrected chi connectivity index (χ2v) is 7.48. The second kappa shape index (κ2) is 9.29. The van der Waals surface area contributed by atoms with E-state index in [2.05, 4.69) is 12.2 Å². The Bertz CT molecular complexity index is 634. The number of allylic oxidation sites excluding steroid dienone is 2. The zero-order valence-electron chi connectivity index (χ0n) is 15.6. The van der Waals surface area contributed by atoms with Crippen LogP contribution >= 0.6 is 0 Å². The number of fused-ring (bicyclic) bond motifs is 2. The van der Waals surface area contributed by atoms with Gasteiger partial charge in [0.15, 0.2) is 0 Å². The number of hydrogen-bond acceptors (Lipinski definition) is 3. The number of ether oxygens (including phenoxy) is 1. The van der Waals surface area contributed by atoms with Gasteiger partial charge in [-0.1, -0.05) is 61.6 Å². The fraction of sp³-hybridized carbons (Fsp3) is 0.522. The molecule has 140 valence electrons. The molecule has 2 aliphatic rings. The van der Waals surface area contributed by atoms with Gasteiger partial charge in [-0.25, -0.2) is 0 Å². The number of hydrogen-bond donors (Lipinski definition) is 1. The van der Waals surface area contributed by atoms with E-state index in [1.807, 2.05) is 49.4 Å². The summed E-state index contributed by atoms with van der Waals surface area (Å²) in [5.41, 5.74) is 1.15. The summed E-state index contributed by atoms with van der Waals surface area (Å²) in [6, 6.07) is 10.1. The van der Waals surface area contributed by atoms with Gasteiger partial charge in [0.25, 0.3) is 0 Å². The molecule has 1 aromatic carbocycles. The highest BCUT2D eigenvalue weighted by Gasteiger charge is 2.46. The molecule has 3 nitrogen and oxygen atoms in total. The van der Waals surface area contributed by atoms with Crippen LogP contribution in [-0.4, -0.2) is 29.2 Å². The maximum absolute atomic E-state index is 11.4. The van der Waals surface area contributed by atoms with E-state index in [9.17, 15) is 9.90 Å². The summed E-state index contributed by atoms with van der Waals surface area (Å²) in [5.74, 6) is 1.11. The number of carbonyl (C=O) groups is 1. The van der Waals surface area contributed by atoms with E-state index < -0.39 is 6.10 Å². The average Bonchev–Trinajstić information content (AvgIpc) is 3.25. The zero-order valence-corrected chi connectivity index (χ0v) is 15.6. The first kappa shape index (κ1) is 19.1. The van der Waals surface area contributed by atoms with Crippen molar-refractivity contribution in [3.05, 3.63) is 60.2 Å². The molecule has 26 heavy (non-hydrogen) atoms. The average molecular weight is 354 g/mol. The first-order valence-electron chi connectivity index (χ1n) is 9.90. The van der Waals surface area contributed by atoms with E-state index in [4.69, 9.17) is 4.74 Å². The van der Waals surface area contributed by atoms with Gasteiger partial charge < -0.3 is 9.84 Å². The molecule has 3 rings (SSSR count). The van der Waals surface area contributed by atoms with Gasteiger partial charge in [0.05, 0.1) is 18.3 Å². The molecule has 2 aliphatic heterocycles. The molecule has 0 saturated carbocycles. The van der Waals surface area contributed by atoms with Crippen LogP contribution in [0.1, 0.15) is 44.6 Å².